The van der Waals surface area contributed by atoms with Crippen LogP contribution in [0.3, 0.4) is 0 Å². The van der Waals surface area contributed by atoms with Crippen molar-refractivity contribution in [1.29, 1.82) is 0 Å². The molecule has 1 fully saturated rings. The fourth-order valence-corrected chi connectivity index (χ4v) is 1.85. The summed E-state index contributed by atoms with van der Waals surface area (Å²) in [7, 11) is 0. The average Bonchev–Trinajstić information content (AvgIpc) is 2.15. The third-order valence-electron chi connectivity index (χ3n) is 2.63. The molecule has 0 spiro atoms. The summed E-state index contributed by atoms with van der Waals surface area (Å²) in [6, 6.07) is 0.220. The van der Waals surface area contributed by atoms with Crippen LogP contribution in [0.15, 0.2) is 0 Å². The monoisotopic (exact) mass is 200 g/mol. The molecule has 0 radical (unpaired) electrons. The summed E-state index contributed by atoms with van der Waals surface area (Å²) in [5.41, 5.74) is 0. The Bertz CT molecular complexity index is 185. The van der Waals surface area contributed by atoms with Gasteiger partial charge < -0.3 is 15.7 Å². The number of nitrogens with one attached hydrogen (secondary N) is 2. The molecule has 0 aliphatic heterocycles. The molecule has 0 unspecified atom stereocenters. The van der Waals surface area contributed by atoms with Gasteiger partial charge in [-0.15, -0.1) is 0 Å². The molecule has 4 heteroatoms. The van der Waals surface area contributed by atoms with Crippen LogP contribution in [0.5, 0.6) is 0 Å². The molecule has 0 aromatic rings. The second-order valence-electron chi connectivity index (χ2n) is 3.90. The van der Waals surface area contributed by atoms with Crippen molar-refractivity contribution in [3.63, 3.8) is 0 Å². The van der Waals surface area contributed by atoms with Gasteiger partial charge in [-0.1, -0.05) is 12.8 Å². The predicted octanol–water partition coefficient (Wildman–Crippen LogP) is 0.0156. The predicted molar refractivity (Wildman–Crippen MR) is 54.9 cm³/mol. The molecule has 1 rings (SSSR count). The largest absolute Gasteiger partial charge is 0.392 e. The van der Waals surface area contributed by atoms with Gasteiger partial charge in [-0.05, 0) is 12.8 Å². The minimum absolute atomic E-state index is 0.00371. The minimum Gasteiger partial charge on any atom is -0.392 e. The molecule has 0 aromatic carbocycles. The number of carbonyl (C=O) groups is 1. The van der Waals surface area contributed by atoms with E-state index in [0.29, 0.717) is 6.54 Å². The lowest BCUT2D eigenvalue weighted by Gasteiger charge is -2.28. The summed E-state index contributed by atoms with van der Waals surface area (Å²) in [6.07, 6.45) is 4.06. The fraction of sp³-hybridized carbons (Fsp3) is 0.900. The zero-order chi connectivity index (χ0) is 10.4. The first-order valence-electron chi connectivity index (χ1n) is 5.36. The van der Waals surface area contributed by atoms with Gasteiger partial charge in [0.05, 0.1) is 6.10 Å². The van der Waals surface area contributed by atoms with E-state index in [2.05, 4.69) is 10.6 Å². The standard InChI is InChI=1S/C10H20N2O2/c1-8(13)11-6-7-12-9-4-2-3-5-10(9)14/h9-10,12,14H,2-7H2,1H3,(H,11,13)/t9-,10-/m1/s1. The first-order valence-corrected chi connectivity index (χ1v) is 5.36. The van der Waals surface area contributed by atoms with Gasteiger partial charge in [0.25, 0.3) is 0 Å². The minimum atomic E-state index is -0.207. The topological polar surface area (TPSA) is 61.4 Å². The van der Waals surface area contributed by atoms with Gasteiger partial charge >= 0.3 is 0 Å². The van der Waals surface area contributed by atoms with Crippen LogP contribution in [0, 0.1) is 0 Å². The molecule has 0 bridgehead atoms. The van der Waals surface area contributed by atoms with E-state index in [9.17, 15) is 9.90 Å². The Kier molecular flexibility index (Phi) is 4.90. The van der Waals surface area contributed by atoms with E-state index in [1.165, 1.54) is 13.3 Å². The molecule has 1 amide bonds. The maximum Gasteiger partial charge on any atom is 0.216 e. The molecule has 1 aliphatic carbocycles. The molecule has 82 valence electrons. The van der Waals surface area contributed by atoms with Gasteiger partial charge in [-0.3, -0.25) is 4.79 Å². The number of hydrogen-bond acceptors (Lipinski definition) is 3. The van der Waals surface area contributed by atoms with Crippen LogP contribution >= 0.6 is 0 Å². The highest BCUT2D eigenvalue weighted by atomic mass is 16.3. The van der Waals surface area contributed by atoms with Crippen LogP contribution in [-0.2, 0) is 4.79 Å². The Morgan fingerprint density at radius 2 is 2.07 bits per heavy atom. The summed E-state index contributed by atoms with van der Waals surface area (Å²) in [6.45, 7) is 2.88. The number of amides is 1. The number of aliphatic hydroxyl groups is 1. The molecule has 0 saturated heterocycles. The Hall–Kier alpha value is -0.610. The van der Waals surface area contributed by atoms with E-state index in [4.69, 9.17) is 0 Å². The number of hydrogen-bond donors (Lipinski definition) is 3. The second kappa shape index (κ2) is 5.98. The van der Waals surface area contributed by atoms with Gasteiger partial charge in [-0.25, -0.2) is 0 Å². The second-order valence-corrected chi connectivity index (χ2v) is 3.90. The van der Waals surface area contributed by atoms with E-state index in [0.717, 1.165) is 25.8 Å². The molecular weight excluding hydrogens is 180 g/mol. The van der Waals surface area contributed by atoms with E-state index in [-0.39, 0.29) is 18.1 Å². The lowest BCUT2D eigenvalue weighted by atomic mass is 9.93. The van der Waals surface area contributed by atoms with Crippen molar-refractivity contribution in [2.24, 2.45) is 0 Å². The lowest BCUT2D eigenvalue weighted by Crippen LogP contribution is -2.44. The van der Waals surface area contributed by atoms with Crippen molar-refractivity contribution in [3.8, 4) is 0 Å². The summed E-state index contributed by atoms with van der Waals surface area (Å²) in [4.78, 5) is 10.6. The Balaban J connectivity index is 2.07. The van der Waals surface area contributed by atoms with Crippen LogP contribution in [0.2, 0.25) is 0 Å². The lowest BCUT2D eigenvalue weighted by molar-refractivity contribution is -0.118. The highest BCUT2D eigenvalue weighted by Gasteiger charge is 2.21. The van der Waals surface area contributed by atoms with Crippen molar-refractivity contribution in [2.45, 2.75) is 44.8 Å². The van der Waals surface area contributed by atoms with Gasteiger partial charge in [0.15, 0.2) is 0 Å². The first-order chi connectivity index (χ1) is 6.70. The maximum atomic E-state index is 10.6. The van der Waals surface area contributed by atoms with Crippen LogP contribution in [-0.4, -0.2) is 36.2 Å². The Morgan fingerprint density at radius 1 is 1.36 bits per heavy atom. The molecular formula is C10H20N2O2. The molecule has 2 atom stereocenters. The number of rotatable bonds is 4. The van der Waals surface area contributed by atoms with Gasteiger partial charge in [0.2, 0.25) is 5.91 Å². The number of carbonyl (C=O) groups excluding carboxylic acids is 1. The zero-order valence-electron chi connectivity index (χ0n) is 8.75. The van der Waals surface area contributed by atoms with Gasteiger partial charge in [0, 0.05) is 26.1 Å². The van der Waals surface area contributed by atoms with E-state index < -0.39 is 0 Å². The highest BCUT2D eigenvalue weighted by molar-refractivity contribution is 5.72. The van der Waals surface area contributed by atoms with Crippen molar-refractivity contribution in [3.05, 3.63) is 0 Å². The summed E-state index contributed by atoms with van der Waals surface area (Å²) in [5.74, 6) is -0.00371. The summed E-state index contributed by atoms with van der Waals surface area (Å²) in [5, 5.41) is 15.6. The Morgan fingerprint density at radius 3 is 2.71 bits per heavy atom. The quantitative estimate of drug-likeness (QED) is 0.560. The first kappa shape index (κ1) is 11.5. The normalized spacial score (nSPS) is 27.3. The molecule has 14 heavy (non-hydrogen) atoms. The van der Waals surface area contributed by atoms with Crippen LogP contribution in [0.25, 0.3) is 0 Å². The summed E-state index contributed by atoms with van der Waals surface area (Å²) >= 11 is 0. The van der Waals surface area contributed by atoms with Crippen molar-refractivity contribution in [1.82, 2.24) is 10.6 Å². The smallest absolute Gasteiger partial charge is 0.216 e. The van der Waals surface area contributed by atoms with Gasteiger partial charge in [0.1, 0.15) is 0 Å². The van der Waals surface area contributed by atoms with E-state index in [1.54, 1.807) is 0 Å². The molecule has 3 N–H and O–H groups in total. The highest BCUT2D eigenvalue weighted by Crippen LogP contribution is 2.17. The number of aliphatic hydroxyl groups excluding tert-OH is 1. The maximum absolute atomic E-state index is 10.6. The SMILES string of the molecule is CC(=O)NCCN[C@@H]1CCCC[C@H]1O. The Labute approximate surface area is 85.1 Å². The van der Waals surface area contributed by atoms with Crippen LogP contribution in [0.4, 0.5) is 0 Å². The molecule has 0 heterocycles. The molecule has 1 aliphatic rings. The molecule has 1 saturated carbocycles. The van der Waals surface area contributed by atoms with Crippen molar-refractivity contribution < 1.29 is 9.90 Å². The third-order valence-corrected chi connectivity index (χ3v) is 2.63. The van der Waals surface area contributed by atoms with Crippen molar-refractivity contribution >= 4 is 5.91 Å². The summed E-state index contributed by atoms with van der Waals surface area (Å²) < 4.78 is 0. The molecule has 0 aromatic heterocycles. The third kappa shape index (κ3) is 4.07. The van der Waals surface area contributed by atoms with Gasteiger partial charge in [-0.2, -0.15) is 0 Å². The van der Waals surface area contributed by atoms with Crippen molar-refractivity contribution in [2.75, 3.05) is 13.1 Å². The van der Waals surface area contributed by atoms with E-state index in [1.807, 2.05) is 0 Å². The average molecular weight is 200 g/mol. The van der Waals surface area contributed by atoms with E-state index >= 15 is 0 Å². The van der Waals surface area contributed by atoms with Crippen LogP contribution < -0.4 is 10.6 Å². The molecule has 4 nitrogen and oxygen atoms in total. The zero-order valence-corrected chi connectivity index (χ0v) is 8.75. The fourth-order valence-electron chi connectivity index (χ4n) is 1.85. The van der Waals surface area contributed by atoms with Crippen LogP contribution in [0.1, 0.15) is 32.6 Å².